The lowest BCUT2D eigenvalue weighted by Gasteiger charge is -2.17. The van der Waals surface area contributed by atoms with Crippen molar-refractivity contribution in [2.75, 3.05) is 24.2 Å². The number of H-pyrrole nitrogens is 1. The predicted octanol–water partition coefficient (Wildman–Crippen LogP) is 2.24. The third-order valence-electron chi connectivity index (χ3n) is 2.49. The standard InChI is InChI=1S/C12H18N4/c1-8(2)7-16(3)12-14-10-5-4-9(13)6-11(10)15-12/h4-6,8H,7,13H2,1-3H3,(H,14,15). The molecule has 0 aliphatic heterocycles. The Morgan fingerprint density at radius 3 is 2.88 bits per heavy atom. The van der Waals surface area contributed by atoms with Crippen LogP contribution in [-0.2, 0) is 0 Å². The van der Waals surface area contributed by atoms with E-state index in [0.29, 0.717) is 5.92 Å². The summed E-state index contributed by atoms with van der Waals surface area (Å²) in [4.78, 5) is 9.92. The Morgan fingerprint density at radius 1 is 1.44 bits per heavy atom. The number of hydrogen-bond acceptors (Lipinski definition) is 3. The first-order valence-corrected chi connectivity index (χ1v) is 5.52. The predicted molar refractivity (Wildman–Crippen MR) is 68.6 cm³/mol. The van der Waals surface area contributed by atoms with E-state index in [4.69, 9.17) is 5.73 Å². The maximum Gasteiger partial charge on any atom is 0.203 e. The summed E-state index contributed by atoms with van der Waals surface area (Å²) in [5.74, 6) is 1.51. The third kappa shape index (κ3) is 2.10. The first-order chi connectivity index (χ1) is 7.56. The van der Waals surface area contributed by atoms with Crippen LogP contribution in [0.15, 0.2) is 18.2 Å². The number of aromatic amines is 1. The molecule has 1 aromatic heterocycles. The quantitative estimate of drug-likeness (QED) is 0.777. The maximum atomic E-state index is 5.73. The number of nitrogen functional groups attached to an aromatic ring is 1. The number of benzene rings is 1. The number of aromatic nitrogens is 2. The Bertz CT molecular complexity index is 487. The fourth-order valence-corrected chi connectivity index (χ4v) is 1.83. The highest BCUT2D eigenvalue weighted by molar-refractivity contribution is 5.80. The van der Waals surface area contributed by atoms with Gasteiger partial charge in [-0.1, -0.05) is 13.8 Å². The molecule has 1 aromatic carbocycles. The van der Waals surface area contributed by atoms with E-state index in [1.54, 1.807) is 0 Å². The van der Waals surface area contributed by atoms with Crippen LogP contribution in [0, 0.1) is 5.92 Å². The summed E-state index contributed by atoms with van der Waals surface area (Å²) >= 11 is 0. The SMILES string of the molecule is CC(C)CN(C)c1nc2ccc(N)cc2[nH]1. The summed E-state index contributed by atoms with van der Waals surface area (Å²) in [7, 11) is 2.04. The van der Waals surface area contributed by atoms with E-state index < -0.39 is 0 Å². The summed E-state index contributed by atoms with van der Waals surface area (Å²) in [5, 5.41) is 0. The topological polar surface area (TPSA) is 57.9 Å². The van der Waals surface area contributed by atoms with Gasteiger partial charge in [0.1, 0.15) is 0 Å². The number of nitrogens with zero attached hydrogens (tertiary/aromatic N) is 2. The fourth-order valence-electron chi connectivity index (χ4n) is 1.83. The van der Waals surface area contributed by atoms with Crippen molar-refractivity contribution in [3.05, 3.63) is 18.2 Å². The second kappa shape index (κ2) is 4.04. The molecule has 0 saturated heterocycles. The van der Waals surface area contributed by atoms with E-state index in [1.807, 2.05) is 25.2 Å². The molecular formula is C12H18N4. The van der Waals surface area contributed by atoms with Gasteiger partial charge in [-0.3, -0.25) is 0 Å². The highest BCUT2D eigenvalue weighted by Gasteiger charge is 2.08. The zero-order valence-electron chi connectivity index (χ0n) is 9.99. The van der Waals surface area contributed by atoms with Crippen molar-refractivity contribution in [3.8, 4) is 0 Å². The third-order valence-corrected chi connectivity index (χ3v) is 2.49. The van der Waals surface area contributed by atoms with Gasteiger partial charge in [0.2, 0.25) is 5.95 Å². The Hall–Kier alpha value is -1.71. The molecule has 0 bridgehead atoms. The molecule has 0 spiro atoms. The minimum absolute atomic E-state index is 0.614. The highest BCUT2D eigenvalue weighted by atomic mass is 15.2. The van der Waals surface area contributed by atoms with Crippen molar-refractivity contribution < 1.29 is 0 Å². The van der Waals surface area contributed by atoms with Crippen LogP contribution in [0.2, 0.25) is 0 Å². The van der Waals surface area contributed by atoms with Gasteiger partial charge in [-0.15, -0.1) is 0 Å². The van der Waals surface area contributed by atoms with Gasteiger partial charge in [0.15, 0.2) is 0 Å². The van der Waals surface area contributed by atoms with Crippen LogP contribution in [0.5, 0.6) is 0 Å². The summed E-state index contributed by atoms with van der Waals surface area (Å²) in [5.41, 5.74) is 8.44. The number of nitrogens with one attached hydrogen (secondary N) is 1. The van der Waals surface area contributed by atoms with Gasteiger partial charge in [0, 0.05) is 19.3 Å². The summed E-state index contributed by atoms with van der Waals surface area (Å²) in [6.07, 6.45) is 0. The van der Waals surface area contributed by atoms with Crippen LogP contribution in [0.1, 0.15) is 13.8 Å². The Labute approximate surface area is 95.5 Å². The van der Waals surface area contributed by atoms with Crippen LogP contribution in [-0.4, -0.2) is 23.6 Å². The Kier molecular flexibility index (Phi) is 2.73. The van der Waals surface area contributed by atoms with Crippen LogP contribution in [0.4, 0.5) is 11.6 Å². The Balaban J connectivity index is 2.32. The van der Waals surface area contributed by atoms with Gasteiger partial charge in [-0.05, 0) is 24.1 Å². The molecule has 86 valence electrons. The zero-order chi connectivity index (χ0) is 11.7. The van der Waals surface area contributed by atoms with Crippen molar-refractivity contribution in [2.45, 2.75) is 13.8 Å². The second-order valence-corrected chi connectivity index (χ2v) is 4.61. The number of hydrogen-bond donors (Lipinski definition) is 2. The van der Waals surface area contributed by atoms with Crippen molar-refractivity contribution >= 4 is 22.7 Å². The van der Waals surface area contributed by atoms with Crippen LogP contribution >= 0.6 is 0 Å². The van der Waals surface area contributed by atoms with Gasteiger partial charge in [0.05, 0.1) is 11.0 Å². The lowest BCUT2D eigenvalue weighted by molar-refractivity contribution is 0.632. The molecule has 0 unspecified atom stereocenters. The minimum atomic E-state index is 0.614. The molecule has 0 aliphatic rings. The average Bonchev–Trinajstić information content (AvgIpc) is 2.59. The molecule has 0 fully saturated rings. The highest BCUT2D eigenvalue weighted by Crippen LogP contribution is 2.19. The van der Waals surface area contributed by atoms with Gasteiger partial charge < -0.3 is 15.6 Å². The molecule has 0 aliphatic carbocycles. The molecule has 1 heterocycles. The first kappa shape index (κ1) is 10.8. The Morgan fingerprint density at radius 2 is 2.19 bits per heavy atom. The van der Waals surface area contributed by atoms with E-state index in [1.165, 1.54) is 0 Å². The maximum absolute atomic E-state index is 5.73. The van der Waals surface area contributed by atoms with E-state index in [0.717, 1.165) is 29.2 Å². The normalized spacial score (nSPS) is 11.2. The molecule has 2 rings (SSSR count). The first-order valence-electron chi connectivity index (χ1n) is 5.52. The molecular weight excluding hydrogens is 200 g/mol. The smallest absolute Gasteiger partial charge is 0.203 e. The molecule has 4 heteroatoms. The number of nitrogens with two attached hydrogens (primary N) is 1. The van der Waals surface area contributed by atoms with Crippen molar-refractivity contribution in [1.82, 2.24) is 9.97 Å². The molecule has 4 nitrogen and oxygen atoms in total. The van der Waals surface area contributed by atoms with Gasteiger partial charge in [-0.25, -0.2) is 4.98 Å². The van der Waals surface area contributed by atoms with Crippen LogP contribution in [0.25, 0.3) is 11.0 Å². The van der Waals surface area contributed by atoms with E-state index in [9.17, 15) is 0 Å². The number of anilines is 2. The van der Waals surface area contributed by atoms with Crippen LogP contribution in [0.3, 0.4) is 0 Å². The van der Waals surface area contributed by atoms with Gasteiger partial charge in [-0.2, -0.15) is 0 Å². The largest absolute Gasteiger partial charge is 0.399 e. The van der Waals surface area contributed by atoms with E-state index >= 15 is 0 Å². The average molecular weight is 218 g/mol. The van der Waals surface area contributed by atoms with E-state index in [-0.39, 0.29) is 0 Å². The molecule has 3 N–H and O–H groups in total. The van der Waals surface area contributed by atoms with Crippen LogP contribution < -0.4 is 10.6 Å². The van der Waals surface area contributed by atoms with Crippen molar-refractivity contribution in [2.24, 2.45) is 5.92 Å². The molecule has 0 radical (unpaired) electrons. The lowest BCUT2D eigenvalue weighted by Crippen LogP contribution is -2.23. The number of imidazole rings is 1. The molecule has 0 atom stereocenters. The summed E-state index contributed by atoms with van der Waals surface area (Å²) < 4.78 is 0. The van der Waals surface area contributed by atoms with Crippen molar-refractivity contribution in [1.29, 1.82) is 0 Å². The van der Waals surface area contributed by atoms with E-state index in [2.05, 4.69) is 28.7 Å². The van der Waals surface area contributed by atoms with Crippen molar-refractivity contribution in [3.63, 3.8) is 0 Å². The van der Waals surface area contributed by atoms with Gasteiger partial charge >= 0.3 is 0 Å². The summed E-state index contributed by atoms with van der Waals surface area (Å²) in [6, 6.07) is 5.72. The number of rotatable bonds is 3. The molecule has 2 aromatic rings. The summed E-state index contributed by atoms with van der Waals surface area (Å²) in [6.45, 7) is 5.36. The monoisotopic (exact) mass is 218 g/mol. The minimum Gasteiger partial charge on any atom is -0.399 e. The number of fused-ring (bicyclic) bond motifs is 1. The fraction of sp³-hybridized carbons (Fsp3) is 0.417. The zero-order valence-corrected chi connectivity index (χ0v) is 9.99. The molecule has 0 saturated carbocycles. The second-order valence-electron chi connectivity index (χ2n) is 4.61. The lowest BCUT2D eigenvalue weighted by atomic mass is 10.2. The molecule has 16 heavy (non-hydrogen) atoms. The molecule has 0 amide bonds. The van der Waals surface area contributed by atoms with Gasteiger partial charge in [0.25, 0.3) is 0 Å².